The smallest absolute Gasteiger partial charge is 0.281 e. The first-order valence-corrected chi connectivity index (χ1v) is 8.28. The van der Waals surface area contributed by atoms with Crippen LogP contribution in [0.5, 0.6) is 11.5 Å². The van der Waals surface area contributed by atoms with Gasteiger partial charge in [-0.25, -0.2) is 0 Å². The van der Waals surface area contributed by atoms with Crippen LogP contribution < -0.4 is 15.0 Å². The monoisotopic (exact) mass is 354 g/mol. The van der Waals surface area contributed by atoms with Crippen molar-refractivity contribution in [2.24, 2.45) is 0 Å². The number of amides is 1. The highest BCUT2D eigenvalue weighted by molar-refractivity contribution is 7.80. The van der Waals surface area contributed by atoms with Gasteiger partial charge in [0.05, 0.1) is 12.8 Å². The number of nitrogens with one attached hydrogen (secondary N) is 1. The number of nitrogens with zero attached hydrogens (tertiary/aromatic N) is 1. The molecule has 2 N–H and O–H groups in total. The molecule has 2 aromatic carbocycles. The van der Waals surface area contributed by atoms with E-state index in [1.54, 1.807) is 24.3 Å². The highest BCUT2D eigenvalue weighted by Gasteiger charge is 2.33. The fourth-order valence-electron chi connectivity index (χ4n) is 2.76. The number of thiocarbonyl (C=S) groups is 1. The second-order valence-electron chi connectivity index (χ2n) is 5.51. The van der Waals surface area contributed by atoms with Crippen LogP contribution in [0.4, 0.5) is 5.69 Å². The predicted molar refractivity (Wildman–Crippen MR) is 102 cm³/mol. The second-order valence-corrected chi connectivity index (χ2v) is 5.90. The van der Waals surface area contributed by atoms with Crippen LogP contribution in [0.3, 0.4) is 0 Å². The first-order chi connectivity index (χ1) is 12.1. The maximum Gasteiger partial charge on any atom is 0.281 e. The molecule has 5 nitrogen and oxygen atoms in total. The summed E-state index contributed by atoms with van der Waals surface area (Å²) in [6.45, 7) is 2.03. The minimum atomic E-state index is -0.256. The molecular weight excluding hydrogens is 336 g/mol. The third-order valence-corrected chi connectivity index (χ3v) is 4.33. The Bertz CT molecular complexity index is 877. The Balaban J connectivity index is 1.99. The second kappa shape index (κ2) is 6.94. The van der Waals surface area contributed by atoms with Crippen molar-refractivity contribution in [1.29, 1.82) is 0 Å². The summed E-state index contributed by atoms with van der Waals surface area (Å²) in [5, 5.41) is 13.5. The van der Waals surface area contributed by atoms with Gasteiger partial charge < -0.3 is 15.2 Å². The van der Waals surface area contributed by atoms with E-state index in [1.165, 1.54) is 12.0 Å². The van der Waals surface area contributed by atoms with Crippen LogP contribution in [0.2, 0.25) is 0 Å². The van der Waals surface area contributed by atoms with Crippen LogP contribution in [0.15, 0.2) is 48.2 Å². The zero-order valence-electron chi connectivity index (χ0n) is 13.9. The number of para-hydroxylation sites is 2. The van der Waals surface area contributed by atoms with Crippen molar-refractivity contribution < 1.29 is 14.6 Å². The van der Waals surface area contributed by atoms with Crippen molar-refractivity contribution in [3.05, 3.63) is 59.3 Å². The van der Waals surface area contributed by atoms with Crippen LogP contribution in [0, 0.1) is 0 Å². The van der Waals surface area contributed by atoms with E-state index < -0.39 is 0 Å². The fourth-order valence-corrected chi connectivity index (χ4v) is 3.05. The highest BCUT2D eigenvalue weighted by atomic mass is 32.1. The van der Waals surface area contributed by atoms with Gasteiger partial charge in [-0.1, -0.05) is 37.3 Å². The van der Waals surface area contributed by atoms with Crippen molar-refractivity contribution in [3.63, 3.8) is 0 Å². The average molecular weight is 354 g/mol. The molecule has 1 aliphatic rings. The van der Waals surface area contributed by atoms with Gasteiger partial charge >= 0.3 is 0 Å². The fraction of sp³-hybridized carbons (Fsp3) is 0.158. The third-order valence-electron chi connectivity index (χ3n) is 4.04. The zero-order chi connectivity index (χ0) is 18.0. The number of carbonyl (C=O) groups is 1. The molecule has 1 aliphatic heterocycles. The SMILES string of the molecule is CCc1ccccc1N1C(=O)C(=Cc2cccc(OC)c2O)NC1=S. The van der Waals surface area contributed by atoms with E-state index in [0.717, 1.165) is 17.7 Å². The molecule has 0 radical (unpaired) electrons. The van der Waals surface area contributed by atoms with E-state index >= 15 is 0 Å². The van der Waals surface area contributed by atoms with Gasteiger partial charge in [0.1, 0.15) is 5.70 Å². The molecule has 0 aromatic heterocycles. The zero-order valence-corrected chi connectivity index (χ0v) is 14.8. The van der Waals surface area contributed by atoms with E-state index in [1.807, 2.05) is 31.2 Å². The number of phenolic OH excluding ortho intramolecular Hbond substituents is 1. The molecule has 0 atom stereocenters. The molecule has 0 bridgehead atoms. The quantitative estimate of drug-likeness (QED) is 0.652. The number of methoxy groups -OCH3 is 1. The summed E-state index contributed by atoms with van der Waals surface area (Å²) in [7, 11) is 1.48. The van der Waals surface area contributed by atoms with Gasteiger partial charge in [0.15, 0.2) is 16.6 Å². The van der Waals surface area contributed by atoms with Gasteiger partial charge in [-0.2, -0.15) is 0 Å². The molecular formula is C19H18N2O3S. The molecule has 1 fully saturated rings. The number of benzene rings is 2. The van der Waals surface area contributed by atoms with E-state index in [4.69, 9.17) is 17.0 Å². The molecule has 6 heteroatoms. The Morgan fingerprint density at radius 2 is 2.00 bits per heavy atom. The Morgan fingerprint density at radius 1 is 1.24 bits per heavy atom. The number of ether oxygens (including phenoxy) is 1. The molecule has 2 aromatic rings. The number of anilines is 1. The maximum atomic E-state index is 12.8. The summed E-state index contributed by atoms with van der Waals surface area (Å²) in [6, 6.07) is 12.7. The molecule has 0 spiro atoms. The number of aromatic hydroxyl groups is 1. The van der Waals surface area contributed by atoms with Crippen molar-refractivity contribution in [1.82, 2.24) is 5.32 Å². The van der Waals surface area contributed by atoms with Crippen molar-refractivity contribution in [3.8, 4) is 11.5 Å². The number of phenols is 1. The Morgan fingerprint density at radius 3 is 2.72 bits per heavy atom. The molecule has 25 heavy (non-hydrogen) atoms. The van der Waals surface area contributed by atoms with Crippen LogP contribution in [0.1, 0.15) is 18.1 Å². The van der Waals surface area contributed by atoms with E-state index in [0.29, 0.717) is 22.1 Å². The largest absolute Gasteiger partial charge is 0.504 e. The maximum absolute atomic E-state index is 12.8. The van der Waals surface area contributed by atoms with E-state index in [2.05, 4.69) is 5.32 Å². The average Bonchev–Trinajstić information content (AvgIpc) is 2.90. The highest BCUT2D eigenvalue weighted by Crippen LogP contribution is 2.32. The minimum absolute atomic E-state index is 0.0228. The molecule has 128 valence electrons. The number of hydrogen-bond acceptors (Lipinski definition) is 4. The molecule has 1 amide bonds. The number of aryl methyl sites for hydroxylation is 1. The van der Waals surface area contributed by atoms with E-state index in [9.17, 15) is 9.90 Å². The van der Waals surface area contributed by atoms with Gasteiger partial charge in [-0.3, -0.25) is 9.69 Å². The lowest BCUT2D eigenvalue weighted by atomic mass is 10.1. The van der Waals surface area contributed by atoms with E-state index in [-0.39, 0.29) is 11.7 Å². The summed E-state index contributed by atoms with van der Waals surface area (Å²) < 4.78 is 5.10. The standard InChI is InChI=1S/C19H18N2O3S/c1-3-12-7-4-5-9-15(12)21-18(23)14(20-19(21)25)11-13-8-6-10-16(24-2)17(13)22/h4-11,22H,3H2,1-2H3,(H,20,25). The summed E-state index contributed by atoms with van der Waals surface area (Å²) in [5.41, 5.74) is 2.58. The van der Waals surface area contributed by atoms with Crippen LogP contribution in [-0.2, 0) is 11.2 Å². The van der Waals surface area contributed by atoms with Crippen LogP contribution >= 0.6 is 12.2 Å². The van der Waals surface area contributed by atoms with Crippen LogP contribution in [-0.4, -0.2) is 23.2 Å². The topological polar surface area (TPSA) is 61.8 Å². The lowest BCUT2D eigenvalue weighted by molar-refractivity contribution is -0.113. The Labute approximate surface area is 151 Å². The number of hydrogen-bond donors (Lipinski definition) is 2. The normalized spacial score (nSPS) is 15.6. The molecule has 1 heterocycles. The minimum Gasteiger partial charge on any atom is -0.504 e. The van der Waals surface area contributed by atoms with Gasteiger partial charge in [0.25, 0.3) is 5.91 Å². The van der Waals surface area contributed by atoms with Crippen molar-refractivity contribution in [2.45, 2.75) is 13.3 Å². The lowest BCUT2D eigenvalue weighted by Crippen LogP contribution is -2.31. The van der Waals surface area contributed by atoms with Crippen molar-refractivity contribution >= 4 is 35.0 Å². The van der Waals surface area contributed by atoms with Gasteiger partial charge in [0, 0.05) is 5.56 Å². The molecule has 0 aliphatic carbocycles. The molecule has 0 saturated carbocycles. The lowest BCUT2D eigenvalue weighted by Gasteiger charge is -2.17. The van der Waals surface area contributed by atoms with Crippen LogP contribution in [0.25, 0.3) is 6.08 Å². The Hall–Kier alpha value is -2.86. The number of rotatable bonds is 4. The first-order valence-electron chi connectivity index (χ1n) is 7.87. The molecule has 0 unspecified atom stereocenters. The molecule has 1 saturated heterocycles. The molecule has 3 rings (SSSR count). The van der Waals surface area contributed by atoms with Gasteiger partial charge in [0.2, 0.25) is 0 Å². The third kappa shape index (κ3) is 3.08. The predicted octanol–water partition coefficient (Wildman–Crippen LogP) is 3.23. The van der Waals surface area contributed by atoms with Crippen molar-refractivity contribution in [2.75, 3.05) is 12.0 Å². The summed E-state index contributed by atoms with van der Waals surface area (Å²) in [6.07, 6.45) is 2.36. The van der Waals surface area contributed by atoms with Gasteiger partial charge in [-0.05, 0) is 42.4 Å². The first kappa shape index (κ1) is 17.0. The summed E-state index contributed by atoms with van der Waals surface area (Å²) in [5.74, 6) is 0.0640. The summed E-state index contributed by atoms with van der Waals surface area (Å²) in [4.78, 5) is 14.3. The van der Waals surface area contributed by atoms with Gasteiger partial charge in [-0.15, -0.1) is 0 Å². The Kier molecular flexibility index (Phi) is 4.72. The number of carbonyl (C=O) groups excluding carboxylic acids is 1. The summed E-state index contributed by atoms with van der Waals surface area (Å²) >= 11 is 5.35.